The van der Waals surface area contributed by atoms with E-state index >= 15 is 0 Å². The zero-order valence-corrected chi connectivity index (χ0v) is 19.0. The number of carbonyl (C=O) groups excluding carboxylic acids is 1. The largest absolute Gasteiger partial charge is 0.447 e. The molecule has 0 saturated carbocycles. The summed E-state index contributed by atoms with van der Waals surface area (Å²) in [4.78, 5) is 20.8. The van der Waals surface area contributed by atoms with Gasteiger partial charge in [-0.2, -0.15) is 0 Å². The second-order valence-corrected chi connectivity index (χ2v) is 8.59. The average Bonchev–Trinajstić information content (AvgIpc) is 3.06. The molecule has 0 radical (unpaired) electrons. The highest BCUT2D eigenvalue weighted by molar-refractivity contribution is 7.99. The number of amides is 1. The Labute approximate surface area is 190 Å². The van der Waals surface area contributed by atoms with Crippen LogP contribution in [0.5, 0.6) is 0 Å². The molecule has 0 spiro atoms. The number of aromatic nitrogens is 3. The van der Waals surface area contributed by atoms with E-state index in [1.54, 1.807) is 24.2 Å². The van der Waals surface area contributed by atoms with Crippen molar-refractivity contribution < 1.29 is 14.3 Å². The number of hydrogen-bond acceptors (Lipinski definition) is 6. The summed E-state index contributed by atoms with van der Waals surface area (Å²) in [5.41, 5.74) is 7.08. The van der Waals surface area contributed by atoms with E-state index in [2.05, 4.69) is 23.4 Å². The van der Waals surface area contributed by atoms with Gasteiger partial charge < -0.3 is 19.8 Å². The molecule has 3 aromatic rings. The van der Waals surface area contributed by atoms with Gasteiger partial charge in [0, 0.05) is 22.3 Å². The maximum Gasteiger partial charge on any atom is 0.404 e. The molecule has 2 aromatic heterocycles. The molecule has 0 bridgehead atoms. The summed E-state index contributed by atoms with van der Waals surface area (Å²) in [6, 6.07) is 11.7. The number of nitrogens with zero attached hydrogens (tertiary/aromatic N) is 3. The van der Waals surface area contributed by atoms with Gasteiger partial charge in [-0.3, -0.25) is 4.98 Å². The number of pyridine rings is 1. The maximum atomic E-state index is 10.7. The standard InChI is InChI=1S/C22H25ClN4O3S/c1-15(2)20-21(31-18-5-3-4-17(23)12-18)27(13-16-6-8-25-9-7-16)19(26-20)14-29-10-11-30-22(24)28/h3-9,12,15H,10-11,13-14H2,1-2H3,(H2,24,28). The van der Waals surface area contributed by atoms with Crippen molar-refractivity contribution in [2.24, 2.45) is 5.73 Å². The van der Waals surface area contributed by atoms with Crippen molar-refractivity contribution in [2.45, 2.75) is 42.8 Å². The summed E-state index contributed by atoms with van der Waals surface area (Å²) in [5, 5.41) is 1.73. The minimum Gasteiger partial charge on any atom is -0.447 e. The quantitative estimate of drug-likeness (QED) is 0.434. The average molecular weight is 461 g/mol. The Bertz CT molecular complexity index is 1010. The fourth-order valence-electron chi connectivity index (χ4n) is 2.94. The minimum atomic E-state index is -0.815. The summed E-state index contributed by atoms with van der Waals surface area (Å²) < 4.78 is 12.6. The second-order valence-electron chi connectivity index (χ2n) is 7.09. The van der Waals surface area contributed by atoms with Gasteiger partial charge in [-0.1, -0.05) is 43.3 Å². The molecule has 1 amide bonds. The van der Waals surface area contributed by atoms with E-state index in [4.69, 9.17) is 31.8 Å². The molecule has 2 N–H and O–H groups in total. The van der Waals surface area contributed by atoms with E-state index in [0.29, 0.717) is 11.6 Å². The van der Waals surface area contributed by atoms with Crippen molar-refractivity contribution in [3.05, 3.63) is 70.9 Å². The first-order valence-electron chi connectivity index (χ1n) is 9.85. The Morgan fingerprint density at radius 1 is 1.23 bits per heavy atom. The third-order valence-electron chi connectivity index (χ3n) is 4.38. The third kappa shape index (κ3) is 6.72. The molecular formula is C22H25ClN4O3S. The van der Waals surface area contributed by atoms with E-state index in [1.165, 1.54) is 0 Å². The van der Waals surface area contributed by atoms with Gasteiger partial charge in [-0.05, 0) is 41.8 Å². The smallest absolute Gasteiger partial charge is 0.404 e. The molecule has 0 aliphatic heterocycles. The van der Waals surface area contributed by atoms with Crippen molar-refractivity contribution >= 4 is 29.5 Å². The SMILES string of the molecule is CC(C)c1nc(COCCOC(N)=O)n(Cc2ccncc2)c1Sc1cccc(Cl)c1. The Morgan fingerprint density at radius 3 is 2.68 bits per heavy atom. The van der Waals surface area contributed by atoms with Crippen molar-refractivity contribution in [1.29, 1.82) is 0 Å². The van der Waals surface area contributed by atoms with Crippen LogP contribution in [0.3, 0.4) is 0 Å². The summed E-state index contributed by atoms with van der Waals surface area (Å²) >= 11 is 7.83. The van der Waals surface area contributed by atoms with E-state index in [9.17, 15) is 4.79 Å². The number of carbonyl (C=O) groups is 1. The fraction of sp³-hybridized carbons (Fsp3) is 0.318. The van der Waals surface area contributed by atoms with E-state index in [0.717, 1.165) is 27.0 Å². The zero-order valence-electron chi connectivity index (χ0n) is 17.5. The van der Waals surface area contributed by atoms with E-state index in [1.807, 2.05) is 36.4 Å². The molecule has 3 rings (SSSR count). The summed E-state index contributed by atoms with van der Waals surface area (Å²) in [6.07, 6.45) is 2.73. The molecule has 0 fully saturated rings. The summed E-state index contributed by atoms with van der Waals surface area (Å²) in [7, 11) is 0. The molecule has 0 aliphatic rings. The second kappa shape index (κ2) is 11.2. The highest BCUT2D eigenvalue weighted by Crippen LogP contribution is 2.36. The molecule has 2 heterocycles. The number of rotatable bonds is 10. The van der Waals surface area contributed by atoms with Gasteiger partial charge in [0.1, 0.15) is 24.1 Å². The van der Waals surface area contributed by atoms with Crippen LogP contribution in [0, 0.1) is 0 Å². The first-order valence-corrected chi connectivity index (χ1v) is 11.0. The van der Waals surface area contributed by atoms with Crippen LogP contribution in [-0.2, 0) is 22.6 Å². The fourth-order valence-corrected chi connectivity index (χ4v) is 4.41. The number of halogens is 1. The van der Waals surface area contributed by atoms with Crippen LogP contribution in [0.15, 0.2) is 58.7 Å². The Kier molecular flexibility index (Phi) is 8.34. The Morgan fingerprint density at radius 2 is 2.00 bits per heavy atom. The predicted molar refractivity (Wildman–Crippen MR) is 120 cm³/mol. The monoisotopic (exact) mass is 460 g/mol. The first kappa shape index (κ1) is 23.1. The predicted octanol–water partition coefficient (Wildman–Crippen LogP) is 4.87. The summed E-state index contributed by atoms with van der Waals surface area (Å²) in [6.45, 7) is 5.48. The Hall–Kier alpha value is -2.55. The van der Waals surface area contributed by atoms with Gasteiger partial charge in [0.2, 0.25) is 0 Å². The van der Waals surface area contributed by atoms with E-state index in [-0.39, 0.29) is 25.7 Å². The van der Waals surface area contributed by atoms with Crippen LogP contribution >= 0.6 is 23.4 Å². The maximum absolute atomic E-state index is 10.7. The molecule has 0 saturated heterocycles. The highest BCUT2D eigenvalue weighted by Gasteiger charge is 2.21. The van der Waals surface area contributed by atoms with Crippen LogP contribution in [0.2, 0.25) is 5.02 Å². The topological polar surface area (TPSA) is 92.3 Å². The highest BCUT2D eigenvalue weighted by atomic mass is 35.5. The number of ether oxygens (including phenoxy) is 2. The van der Waals surface area contributed by atoms with Gasteiger partial charge in [0.15, 0.2) is 0 Å². The van der Waals surface area contributed by atoms with Crippen LogP contribution in [0.1, 0.15) is 36.8 Å². The van der Waals surface area contributed by atoms with Gasteiger partial charge in [-0.25, -0.2) is 9.78 Å². The summed E-state index contributed by atoms with van der Waals surface area (Å²) in [5.74, 6) is 1.02. The normalized spacial score (nSPS) is 11.1. The van der Waals surface area contributed by atoms with Gasteiger partial charge in [-0.15, -0.1) is 0 Å². The zero-order chi connectivity index (χ0) is 22.2. The van der Waals surface area contributed by atoms with Crippen LogP contribution in [0.4, 0.5) is 4.79 Å². The molecule has 164 valence electrons. The number of hydrogen-bond donors (Lipinski definition) is 1. The van der Waals surface area contributed by atoms with Crippen LogP contribution < -0.4 is 5.73 Å². The number of primary amides is 1. The van der Waals surface area contributed by atoms with Gasteiger partial charge in [0.25, 0.3) is 0 Å². The molecule has 9 heteroatoms. The lowest BCUT2D eigenvalue weighted by molar-refractivity contribution is 0.0637. The minimum absolute atomic E-state index is 0.0988. The van der Waals surface area contributed by atoms with E-state index < -0.39 is 6.09 Å². The van der Waals surface area contributed by atoms with Crippen LogP contribution in [-0.4, -0.2) is 33.8 Å². The third-order valence-corrected chi connectivity index (χ3v) is 5.72. The van der Waals surface area contributed by atoms with Gasteiger partial charge >= 0.3 is 6.09 Å². The van der Waals surface area contributed by atoms with Gasteiger partial charge in [0.05, 0.1) is 18.8 Å². The molecule has 0 aliphatic carbocycles. The first-order chi connectivity index (χ1) is 14.9. The molecule has 7 nitrogen and oxygen atoms in total. The molecule has 0 unspecified atom stereocenters. The van der Waals surface area contributed by atoms with Crippen molar-refractivity contribution in [3.8, 4) is 0 Å². The molecular weight excluding hydrogens is 436 g/mol. The van der Waals surface area contributed by atoms with Crippen molar-refractivity contribution in [1.82, 2.24) is 14.5 Å². The molecule has 31 heavy (non-hydrogen) atoms. The number of benzene rings is 1. The lowest BCUT2D eigenvalue weighted by Gasteiger charge is -2.14. The van der Waals surface area contributed by atoms with Crippen LogP contribution in [0.25, 0.3) is 0 Å². The Balaban J connectivity index is 1.91. The van der Waals surface area contributed by atoms with Crippen molar-refractivity contribution in [3.63, 3.8) is 0 Å². The molecule has 1 aromatic carbocycles. The number of nitrogens with two attached hydrogens (primary N) is 1. The lowest BCUT2D eigenvalue weighted by atomic mass is 10.1. The van der Waals surface area contributed by atoms with Crippen molar-refractivity contribution in [2.75, 3.05) is 13.2 Å². The molecule has 0 atom stereocenters. The lowest BCUT2D eigenvalue weighted by Crippen LogP contribution is -2.17. The number of imidazole rings is 1.